The van der Waals surface area contributed by atoms with Crippen molar-refractivity contribution in [2.24, 2.45) is 5.92 Å². The van der Waals surface area contributed by atoms with Crippen molar-refractivity contribution in [2.75, 3.05) is 13.2 Å². The first-order valence-corrected chi connectivity index (χ1v) is 6.11. The van der Waals surface area contributed by atoms with Crippen molar-refractivity contribution in [2.45, 2.75) is 46.3 Å². The van der Waals surface area contributed by atoms with Crippen molar-refractivity contribution < 1.29 is 9.84 Å². The van der Waals surface area contributed by atoms with Gasteiger partial charge in [0, 0.05) is 19.6 Å². The summed E-state index contributed by atoms with van der Waals surface area (Å²) in [6.07, 6.45) is 1.99. The molecule has 5 heteroatoms. The SMILES string of the molecule is CCOCC(C)(O)Cc1ncnn1CC(C)C. The molecule has 0 saturated carbocycles. The molecular formula is C12H23N3O2. The van der Waals surface area contributed by atoms with E-state index in [1.807, 2.05) is 11.6 Å². The van der Waals surface area contributed by atoms with E-state index < -0.39 is 5.60 Å². The van der Waals surface area contributed by atoms with Crippen LogP contribution in [0.15, 0.2) is 6.33 Å². The Hall–Kier alpha value is -0.940. The number of rotatable bonds is 7. The third-order valence-corrected chi connectivity index (χ3v) is 2.39. The summed E-state index contributed by atoms with van der Waals surface area (Å²) in [6, 6.07) is 0. The summed E-state index contributed by atoms with van der Waals surface area (Å²) in [5, 5.41) is 14.3. The monoisotopic (exact) mass is 241 g/mol. The van der Waals surface area contributed by atoms with Gasteiger partial charge in [-0.15, -0.1) is 0 Å². The minimum absolute atomic E-state index is 0.317. The van der Waals surface area contributed by atoms with E-state index in [0.717, 1.165) is 12.4 Å². The van der Waals surface area contributed by atoms with Crippen molar-refractivity contribution in [3.05, 3.63) is 12.2 Å². The summed E-state index contributed by atoms with van der Waals surface area (Å²) < 4.78 is 7.11. The quantitative estimate of drug-likeness (QED) is 0.781. The first-order valence-electron chi connectivity index (χ1n) is 6.11. The first-order chi connectivity index (χ1) is 7.94. The molecule has 0 saturated heterocycles. The molecule has 1 aromatic heterocycles. The average molecular weight is 241 g/mol. The van der Waals surface area contributed by atoms with Crippen LogP contribution in [0.3, 0.4) is 0 Å². The third kappa shape index (κ3) is 4.83. The number of ether oxygens (including phenoxy) is 1. The number of hydrogen-bond donors (Lipinski definition) is 1. The topological polar surface area (TPSA) is 60.2 Å². The molecule has 1 N–H and O–H groups in total. The lowest BCUT2D eigenvalue weighted by atomic mass is 10.0. The van der Waals surface area contributed by atoms with Gasteiger partial charge in [-0.05, 0) is 19.8 Å². The summed E-state index contributed by atoms with van der Waals surface area (Å²) in [5.74, 6) is 1.32. The fourth-order valence-corrected chi connectivity index (χ4v) is 1.64. The Morgan fingerprint density at radius 3 is 2.82 bits per heavy atom. The van der Waals surface area contributed by atoms with E-state index in [0.29, 0.717) is 25.6 Å². The van der Waals surface area contributed by atoms with Gasteiger partial charge >= 0.3 is 0 Å². The Morgan fingerprint density at radius 2 is 2.24 bits per heavy atom. The number of hydrogen-bond acceptors (Lipinski definition) is 4. The molecule has 0 bridgehead atoms. The van der Waals surface area contributed by atoms with Gasteiger partial charge < -0.3 is 9.84 Å². The third-order valence-electron chi connectivity index (χ3n) is 2.39. The summed E-state index contributed by atoms with van der Waals surface area (Å²) >= 11 is 0. The van der Waals surface area contributed by atoms with E-state index in [1.54, 1.807) is 6.92 Å². The largest absolute Gasteiger partial charge is 0.387 e. The Bertz CT molecular complexity index is 334. The van der Waals surface area contributed by atoms with Gasteiger partial charge in [-0.2, -0.15) is 5.10 Å². The highest BCUT2D eigenvalue weighted by Gasteiger charge is 2.24. The van der Waals surface area contributed by atoms with Gasteiger partial charge in [-0.1, -0.05) is 13.8 Å². The van der Waals surface area contributed by atoms with Gasteiger partial charge in [0.1, 0.15) is 12.2 Å². The Morgan fingerprint density at radius 1 is 1.53 bits per heavy atom. The second kappa shape index (κ2) is 6.12. The van der Waals surface area contributed by atoms with Crippen LogP contribution in [-0.2, 0) is 17.7 Å². The average Bonchev–Trinajstić information content (AvgIpc) is 2.61. The van der Waals surface area contributed by atoms with Gasteiger partial charge in [0.15, 0.2) is 0 Å². The second-order valence-corrected chi connectivity index (χ2v) is 5.06. The highest BCUT2D eigenvalue weighted by molar-refractivity contribution is 4.93. The number of aliphatic hydroxyl groups is 1. The number of nitrogens with zero attached hydrogens (tertiary/aromatic N) is 3. The molecule has 5 nitrogen and oxygen atoms in total. The van der Waals surface area contributed by atoms with Crippen molar-refractivity contribution in [1.82, 2.24) is 14.8 Å². The molecule has 0 radical (unpaired) electrons. The van der Waals surface area contributed by atoms with Gasteiger partial charge in [0.2, 0.25) is 0 Å². The lowest BCUT2D eigenvalue weighted by molar-refractivity contribution is -0.0315. The van der Waals surface area contributed by atoms with Crippen molar-refractivity contribution in [3.63, 3.8) is 0 Å². The molecule has 0 spiro atoms. The molecule has 1 unspecified atom stereocenters. The molecule has 1 atom stereocenters. The zero-order valence-corrected chi connectivity index (χ0v) is 11.2. The van der Waals surface area contributed by atoms with E-state index in [2.05, 4.69) is 23.9 Å². The van der Waals surface area contributed by atoms with Crippen LogP contribution in [0.2, 0.25) is 0 Å². The predicted octanol–water partition coefficient (Wildman–Crippen LogP) is 1.26. The van der Waals surface area contributed by atoms with E-state index >= 15 is 0 Å². The Kier molecular flexibility index (Phi) is 5.08. The first kappa shape index (κ1) is 14.1. The lowest BCUT2D eigenvalue weighted by Gasteiger charge is -2.22. The van der Waals surface area contributed by atoms with Crippen LogP contribution in [0.4, 0.5) is 0 Å². The lowest BCUT2D eigenvalue weighted by Crippen LogP contribution is -2.34. The highest BCUT2D eigenvalue weighted by Crippen LogP contribution is 2.12. The predicted molar refractivity (Wildman–Crippen MR) is 65.7 cm³/mol. The van der Waals surface area contributed by atoms with Crippen molar-refractivity contribution in [3.8, 4) is 0 Å². The zero-order valence-electron chi connectivity index (χ0n) is 11.2. The molecule has 0 aromatic carbocycles. The fraction of sp³-hybridized carbons (Fsp3) is 0.833. The molecule has 17 heavy (non-hydrogen) atoms. The summed E-state index contributed by atoms with van der Waals surface area (Å²) in [5.41, 5.74) is -0.891. The molecule has 98 valence electrons. The van der Waals surface area contributed by atoms with E-state index in [4.69, 9.17) is 4.74 Å². The van der Waals surface area contributed by atoms with Crippen LogP contribution in [0.25, 0.3) is 0 Å². The van der Waals surface area contributed by atoms with E-state index in [9.17, 15) is 5.11 Å². The Labute approximate surface area is 103 Å². The molecule has 0 aliphatic carbocycles. The second-order valence-electron chi connectivity index (χ2n) is 5.06. The maximum absolute atomic E-state index is 10.2. The van der Waals surface area contributed by atoms with Crippen LogP contribution in [-0.4, -0.2) is 38.7 Å². The molecule has 0 amide bonds. The van der Waals surface area contributed by atoms with Crippen LogP contribution >= 0.6 is 0 Å². The fourth-order valence-electron chi connectivity index (χ4n) is 1.64. The van der Waals surface area contributed by atoms with Gasteiger partial charge in [-0.25, -0.2) is 9.67 Å². The molecule has 0 aliphatic rings. The standard InChI is InChI=1S/C12H23N3O2/c1-5-17-8-12(4,16)6-11-13-9-14-15(11)7-10(2)3/h9-10,16H,5-8H2,1-4H3. The summed E-state index contributed by atoms with van der Waals surface area (Å²) in [6.45, 7) is 9.68. The van der Waals surface area contributed by atoms with E-state index in [-0.39, 0.29) is 0 Å². The van der Waals surface area contributed by atoms with Crippen molar-refractivity contribution in [1.29, 1.82) is 0 Å². The summed E-state index contributed by atoms with van der Waals surface area (Å²) in [7, 11) is 0. The molecule has 1 heterocycles. The van der Waals surface area contributed by atoms with Crippen LogP contribution in [0, 0.1) is 5.92 Å². The summed E-state index contributed by atoms with van der Waals surface area (Å²) in [4.78, 5) is 4.20. The smallest absolute Gasteiger partial charge is 0.138 e. The maximum atomic E-state index is 10.2. The normalized spacial score (nSPS) is 15.2. The zero-order chi connectivity index (χ0) is 12.9. The van der Waals surface area contributed by atoms with Crippen LogP contribution < -0.4 is 0 Å². The van der Waals surface area contributed by atoms with Gasteiger partial charge in [0.25, 0.3) is 0 Å². The molecule has 0 fully saturated rings. The van der Waals surface area contributed by atoms with Gasteiger partial charge in [-0.3, -0.25) is 0 Å². The Balaban J connectivity index is 2.64. The van der Waals surface area contributed by atoms with Crippen LogP contribution in [0.1, 0.15) is 33.5 Å². The number of aromatic nitrogens is 3. The van der Waals surface area contributed by atoms with E-state index in [1.165, 1.54) is 6.33 Å². The maximum Gasteiger partial charge on any atom is 0.138 e. The minimum atomic E-state index is -0.891. The molecule has 0 aliphatic heterocycles. The highest BCUT2D eigenvalue weighted by atomic mass is 16.5. The minimum Gasteiger partial charge on any atom is -0.387 e. The van der Waals surface area contributed by atoms with Crippen LogP contribution in [0.5, 0.6) is 0 Å². The molecule has 1 aromatic rings. The van der Waals surface area contributed by atoms with Crippen molar-refractivity contribution >= 4 is 0 Å². The van der Waals surface area contributed by atoms with Gasteiger partial charge in [0.05, 0.1) is 12.2 Å². The molecular weight excluding hydrogens is 218 g/mol. The molecule has 1 rings (SSSR count).